The zero-order valence-corrected chi connectivity index (χ0v) is 12.9. The van der Waals surface area contributed by atoms with E-state index in [0.29, 0.717) is 12.5 Å². The molecule has 0 aromatic heterocycles. The van der Waals surface area contributed by atoms with Gasteiger partial charge in [0.05, 0.1) is 13.0 Å². The summed E-state index contributed by atoms with van der Waals surface area (Å²) in [6.45, 7) is 2.42. The quantitative estimate of drug-likeness (QED) is 0.781. The Hall–Kier alpha value is -1.16. The van der Waals surface area contributed by atoms with E-state index in [2.05, 4.69) is 0 Å². The molecule has 1 aromatic rings. The van der Waals surface area contributed by atoms with Crippen molar-refractivity contribution in [2.24, 2.45) is 11.8 Å². The lowest BCUT2D eigenvalue weighted by molar-refractivity contribution is -0.148. The number of para-hydroxylation sites is 1. The zero-order valence-electron chi connectivity index (χ0n) is 12.1. The number of benzene rings is 1. The van der Waals surface area contributed by atoms with Gasteiger partial charge in [-0.25, -0.2) is 0 Å². The molecule has 1 aliphatic rings. The first kappa shape index (κ1) is 15.2. The normalized spacial score (nSPS) is 17.5. The van der Waals surface area contributed by atoms with Crippen LogP contribution in [0.5, 0.6) is 5.75 Å². The third-order valence-electron chi connectivity index (χ3n) is 3.85. The lowest BCUT2D eigenvalue weighted by Crippen LogP contribution is -2.32. The monoisotopic (exact) mass is 294 g/mol. The van der Waals surface area contributed by atoms with E-state index in [1.54, 1.807) is 0 Å². The third-order valence-corrected chi connectivity index (χ3v) is 4.90. The Bertz CT molecular complexity index is 441. The van der Waals surface area contributed by atoms with Crippen molar-refractivity contribution in [1.29, 1.82) is 0 Å². The van der Waals surface area contributed by atoms with E-state index in [0.717, 1.165) is 35.7 Å². The molecule has 0 saturated carbocycles. The highest BCUT2D eigenvalue weighted by Gasteiger charge is 2.31. The summed E-state index contributed by atoms with van der Waals surface area (Å²) in [6.07, 6.45) is 2.14. The van der Waals surface area contributed by atoms with Gasteiger partial charge in [-0.2, -0.15) is 11.8 Å². The molecule has 4 heteroatoms. The minimum Gasteiger partial charge on any atom is -0.492 e. The van der Waals surface area contributed by atoms with Crippen LogP contribution in [0.2, 0.25) is 0 Å². The molecule has 0 spiro atoms. The molecule has 1 heterocycles. The molecular weight excluding hydrogens is 272 g/mol. The summed E-state index contributed by atoms with van der Waals surface area (Å²) in [5.41, 5.74) is 1.09. The van der Waals surface area contributed by atoms with Crippen molar-refractivity contribution in [1.82, 2.24) is 0 Å². The maximum Gasteiger partial charge on any atom is 0.312 e. The number of aryl methyl sites for hydroxylation is 1. The molecular formula is C16H22O3S. The van der Waals surface area contributed by atoms with Gasteiger partial charge in [-0.15, -0.1) is 0 Å². The van der Waals surface area contributed by atoms with Crippen LogP contribution >= 0.6 is 11.8 Å². The second kappa shape index (κ2) is 7.58. The predicted molar refractivity (Wildman–Crippen MR) is 82.2 cm³/mol. The maximum atomic E-state index is 12.0. The van der Waals surface area contributed by atoms with E-state index in [1.807, 2.05) is 43.0 Å². The number of hydrogen-bond acceptors (Lipinski definition) is 4. The largest absolute Gasteiger partial charge is 0.492 e. The summed E-state index contributed by atoms with van der Waals surface area (Å²) < 4.78 is 10.8. The fraction of sp³-hybridized carbons (Fsp3) is 0.562. The number of carbonyl (C=O) groups is 1. The van der Waals surface area contributed by atoms with Crippen molar-refractivity contribution in [3.8, 4) is 5.75 Å². The molecule has 1 aliphatic heterocycles. The molecule has 3 nitrogen and oxygen atoms in total. The Morgan fingerprint density at radius 2 is 2.05 bits per heavy atom. The predicted octanol–water partition coefficient (Wildman–Crippen LogP) is 3.31. The van der Waals surface area contributed by atoms with Crippen LogP contribution in [0.25, 0.3) is 0 Å². The Morgan fingerprint density at radius 1 is 1.35 bits per heavy atom. The van der Waals surface area contributed by atoms with Gasteiger partial charge in [-0.05, 0) is 48.8 Å². The Balaban J connectivity index is 2.00. The summed E-state index contributed by atoms with van der Waals surface area (Å²) in [6, 6.07) is 7.89. The smallest absolute Gasteiger partial charge is 0.312 e. The summed E-state index contributed by atoms with van der Waals surface area (Å²) in [7, 11) is 1.46. The van der Waals surface area contributed by atoms with Crippen LogP contribution in [0.3, 0.4) is 0 Å². The van der Waals surface area contributed by atoms with Gasteiger partial charge in [0.2, 0.25) is 0 Å². The molecule has 110 valence electrons. The van der Waals surface area contributed by atoms with E-state index in [4.69, 9.17) is 9.47 Å². The molecule has 0 bridgehead atoms. The van der Waals surface area contributed by atoms with Crippen molar-refractivity contribution in [2.45, 2.75) is 19.8 Å². The van der Waals surface area contributed by atoms with Gasteiger partial charge in [0, 0.05) is 0 Å². The summed E-state index contributed by atoms with van der Waals surface area (Å²) in [4.78, 5) is 12.0. The Morgan fingerprint density at radius 3 is 2.70 bits per heavy atom. The molecule has 20 heavy (non-hydrogen) atoms. The highest BCUT2D eigenvalue weighted by atomic mass is 32.2. The van der Waals surface area contributed by atoms with E-state index < -0.39 is 0 Å². The van der Waals surface area contributed by atoms with Crippen molar-refractivity contribution in [3.05, 3.63) is 29.8 Å². The van der Waals surface area contributed by atoms with Gasteiger partial charge < -0.3 is 9.47 Å². The summed E-state index contributed by atoms with van der Waals surface area (Å²) in [5.74, 6) is 3.20. The third kappa shape index (κ3) is 3.92. The van der Waals surface area contributed by atoms with Crippen LogP contribution in [-0.2, 0) is 9.53 Å². The maximum absolute atomic E-state index is 12.0. The first-order valence-electron chi connectivity index (χ1n) is 7.06. The molecule has 1 atom stereocenters. The molecule has 1 saturated heterocycles. The number of carbonyl (C=O) groups excluding carboxylic acids is 1. The fourth-order valence-electron chi connectivity index (χ4n) is 2.56. The van der Waals surface area contributed by atoms with Gasteiger partial charge in [0.1, 0.15) is 12.4 Å². The number of methoxy groups -OCH3 is 1. The van der Waals surface area contributed by atoms with Crippen LogP contribution < -0.4 is 4.74 Å². The van der Waals surface area contributed by atoms with E-state index >= 15 is 0 Å². The SMILES string of the molecule is COC(=O)C(COc1ccccc1C)C1CCSCC1. The highest BCUT2D eigenvalue weighted by molar-refractivity contribution is 7.99. The number of rotatable bonds is 5. The van der Waals surface area contributed by atoms with E-state index in [9.17, 15) is 4.79 Å². The minimum absolute atomic E-state index is 0.143. The average molecular weight is 294 g/mol. The van der Waals surface area contributed by atoms with Crippen LogP contribution in [0, 0.1) is 18.8 Å². The minimum atomic E-state index is -0.152. The second-order valence-electron chi connectivity index (χ2n) is 5.16. The highest BCUT2D eigenvalue weighted by Crippen LogP contribution is 2.30. The van der Waals surface area contributed by atoms with Crippen LogP contribution in [-0.4, -0.2) is 31.2 Å². The van der Waals surface area contributed by atoms with Gasteiger partial charge in [-0.3, -0.25) is 4.79 Å². The van der Waals surface area contributed by atoms with Crippen molar-refractivity contribution < 1.29 is 14.3 Å². The van der Waals surface area contributed by atoms with Gasteiger partial charge >= 0.3 is 5.97 Å². The van der Waals surface area contributed by atoms with Crippen LogP contribution in [0.1, 0.15) is 18.4 Å². The molecule has 0 aliphatic carbocycles. The molecule has 0 N–H and O–H groups in total. The average Bonchev–Trinajstić information content (AvgIpc) is 2.50. The fourth-order valence-corrected chi connectivity index (χ4v) is 3.71. The van der Waals surface area contributed by atoms with Gasteiger partial charge in [0.25, 0.3) is 0 Å². The van der Waals surface area contributed by atoms with E-state index in [1.165, 1.54) is 7.11 Å². The topological polar surface area (TPSA) is 35.5 Å². The summed E-state index contributed by atoms with van der Waals surface area (Å²) in [5, 5.41) is 0. The Labute approximate surface area is 125 Å². The second-order valence-corrected chi connectivity index (χ2v) is 6.38. The van der Waals surface area contributed by atoms with Crippen molar-refractivity contribution in [3.63, 3.8) is 0 Å². The van der Waals surface area contributed by atoms with Crippen molar-refractivity contribution in [2.75, 3.05) is 25.2 Å². The summed E-state index contributed by atoms with van der Waals surface area (Å²) >= 11 is 1.96. The van der Waals surface area contributed by atoms with Crippen LogP contribution in [0.4, 0.5) is 0 Å². The number of hydrogen-bond donors (Lipinski definition) is 0. The number of ether oxygens (including phenoxy) is 2. The molecule has 1 unspecified atom stereocenters. The molecule has 0 radical (unpaired) electrons. The van der Waals surface area contributed by atoms with Gasteiger partial charge in [0.15, 0.2) is 0 Å². The standard InChI is InChI=1S/C16H22O3S/c1-12-5-3-4-6-15(12)19-11-14(16(17)18-2)13-7-9-20-10-8-13/h3-6,13-14H,7-11H2,1-2H3. The van der Waals surface area contributed by atoms with Crippen molar-refractivity contribution >= 4 is 17.7 Å². The first-order chi connectivity index (χ1) is 9.72. The lowest BCUT2D eigenvalue weighted by Gasteiger charge is -2.28. The number of thioether (sulfide) groups is 1. The molecule has 2 rings (SSSR count). The molecule has 0 amide bonds. The first-order valence-corrected chi connectivity index (χ1v) is 8.22. The molecule has 1 fully saturated rings. The molecule has 1 aromatic carbocycles. The van der Waals surface area contributed by atoms with E-state index in [-0.39, 0.29) is 11.9 Å². The Kier molecular flexibility index (Phi) is 5.77. The van der Waals surface area contributed by atoms with Gasteiger partial charge in [-0.1, -0.05) is 18.2 Å². The lowest BCUT2D eigenvalue weighted by atomic mass is 9.88. The zero-order chi connectivity index (χ0) is 14.4. The number of esters is 1. The van der Waals surface area contributed by atoms with Crippen LogP contribution in [0.15, 0.2) is 24.3 Å².